The Labute approximate surface area is 238 Å². The zero-order chi connectivity index (χ0) is 28.7. The molecule has 0 atom stereocenters. The lowest BCUT2D eigenvalue weighted by Gasteiger charge is -2.26. The van der Waals surface area contributed by atoms with Crippen LogP contribution in [0.1, 0.15) is 100 Å². The molecular weight excluding hydrogens is 480 g/mol. The van der Waals surface area contributed by atoms with E-state index in [1.807, 2.05) is 18.2 Å². The molecule has 2 aromatic carbocycles. The maximum atomic E-state index is 13.5. The molecule has 0 unspecified atom stereocenters. The summed E-state index contributed by atoms with van der Waals surface area (Å²) < 4.78 is 0. The van der Waals surface area contributed by atoms with E-state index in [-0.39, 0.29) is 11.6 Å². The molecule has 39 heavy (non-hydrogen) atoms. The van der Waals surface area contributed by atoms with Gasteiger partial charge in [-0.1, -0.05) is 85.7 Å². The van der Waals surface area contributed by atoms with Gasteiger partial charge in [-0.15, -0.1) is 0 Å². The van der Waals surface area contributed by atoms with E-state index in [0.29, 0.717) is 36.5 Å². The molecule has 4 heteroatoms. The number of hydrogen-bond donors (Lipinski definition) is 0. The molecule has 1 aliphatic carbocycles. The molecule has 0 amide bonds. The molecule has 4 nitrogen and oxygen atoms in total. The predicted molar refractivity (Wildman–Crippen MR) is 165 cm³/mol. The minimum atomic E-state index is 0.206. The van der Waals surface area contributed by atoms with Crippen molar-refractivity contribution in [1.29, 1.82) is 0 Å². The highest BCUT2D eigenvalue weighted by Crippen LogP contribution is 2.40. The van der Waals surface area contributed by atoms with Gasteiger partial charge in [0.15, 0.2) is 11.6 Å². The zero-order valence-corrected chi connectivity index (χ0v) is 25.8. The summed E-state index contributed by atoms with van der Waals surface area (Å²) >= 11 is 0. The van der Waals surface area contributed by atoms with Crippen LogP contribution in [-0.4, -0.2) is 60.6 Å². The average molecular weight is 533 g/mol. The Morgan fingerprint density at radius 2 is 1.18 bits per heavy atom. The standard InChI is InChI=1S/C35H52N2O2/c1-24(2)20-36(21-25(3)4)16-14-33(38)28-12-13-31-30(18-28)19-29-10-9-11-32(35(29)31)34(39)15-17-37(22-26(5)6)23-27(7)8/h9-13,18,24-27H,14-17,19-23H2,1-8H3. The van der Waals surface area contributed by atoms with Crippen molar-refractivity contribution >= 4 is 11.6 Å². The summed E-state index contributed by atoms with van der Waals surface area (Å²) in [5, 5.41) is 0. The fourth-order valence-corrected chi connectivity index (χ4v) is 6.04. The second kappa shape index (κ2) is 14.4. The molecule has 0 aliphatic heterocycles. The molecule has 0 N–H and O–H groups in total. The van der Waals surface area contributed by atoms with E-state index in [0.717, 1.165) is 67.9 Å². The van der Waals surface area contributed by atoms with Gasteiger partial charge in [0.2, 0.25) is 0 Å². The number of carbonyl (C=O) groups is 2. The number of nitrogens with zero attached hydrogens (tertiary/aromatic N) is 2. The molecule has 0 radical (unpaired) electrons. The van der Waals surface area contributed by atoms with Gasteiger partial charge in [0.05, 0.1) is 0 Å². The number of fused-ring (bicyclic) bond motifs is 3. The molecule has 0 bridgehead atoms. The highest BCUT2D eigenvalue weighted by atomic mass is 16.1. The maximum Gasteiger partial charge on any atom is 0.164 e. The van der Waals surface area contributed by atoms with E-state index in [1.165, 1.54) is 11.1 Å². The first-order valence-electron chi connectivity index (χ1n) is 15.2. The van der Waals surface area contributed by atoms with Crippen molar-refractivity contribution in [2.24, 2.45) is 23.7 Å². The Balaban J connectivity index is 1.72. The predicted octanol–water partition coefficient (Wildman–Crippen LogP) is 7.63. The van der Waals surface area contributed by atoms with Crippen LogP contribution in [0.4, 0.5) is 0 Å². The Morgan fingerprint density at radius 1 is 0.667 bits per heavy atom. The van der Waals surface area contributed by atoms with Gasteiger partial charge in [0.1, 0.15) is 0 Å². The number of ketones is 2. The monoisotopic (exact) mass is 532 g/mol. The lowest BCUT2D eigenvalue weighted by atomic mass is 9.94. The normalized spacial score (nSPS) is 12.9. The van der Waals surface area contributed by atoms with Crippen molar-refractivity contribution in [3.8, 4) is 11.1 Å². The molecule has 3 rings (SSSR count). The van der Waals surface area contributed by atoms with E-state index < -0.39 is 0 Å². The fraction of sp³-hybridized carbons (Fsp3) is 0.600. The van der Waals surface area contributed by atoms with E-state index in [9.17, 15) is 9.59 Å². The highest BCUT2D eigenvalue weighted by molar-refractivity contribution is 6.05. The van der Waals surface area contributed by atoms with Crippen LogP contribution in [0.15, 0.2) is 36.4 Å². The summed E-state index contributed by atoms with van der Waals surface area (Å²) in [5.41, 5.74) is 6.18. The first-order chi connectivity index (χ1) is 18.4. The maximum absolute atomic E-state index is 13.5. The number of benzene rings is 2. The fourth-order valence-electron chi connectivity index (χ4n) is 6.04. The minimum Gasteiger partial charge on any atom is -0.302 e. The minimum absolute atomic E-state index is 0.206. The number of carbonyl (C=O) groups excluding carboxylic acids is 2. The molecule has 0 aromatic heterocycles. The van der Waals surface area contributed by atoms with E-state index in [4.69, 9.17) is 0 Å². The van der Waals surface area contributed by atoms with E-state index in [1.54, 1.807) is 0 Å². The molecule has 0 saturated heterocycles. The molecular formula is C35H52N2O2. The number of rotatable bonds is 16. The summed E-state index contributed by atoms with van der Waals surface area (Å²) in [6, 6.07) is 12.3. The Kier molecular flexibility index (Phi) is 11.5. The third-order valence-electron chi connectivity index (χ3n) is 7.33. The molecule has 214 valence electrons. The summed E-state index contributed by atoms with van der Waals surface area (Å²) in [5.74, 6) is 2.75. The number of hydrogen-bond acceptors (Lipinski definition) is 4. The van der Waals surface area contributed by atoms with Gasteiger partial charge in [0, 0.05) is 63.2 Å². The summed E-state index contributed by atoms with van der Waals surface area (Å²) in [7, 11) is 0. The van der Waals surface area contributed by atoms with Crippen LogP contribution in [-0.2, 0) is 6.42 Å². The van der Waals surface area contributed by atoms with Crippen molar-refractivity contribution in [2.45, 2.75) is 74.7 Å². The lowest BCUT2D eigenvalue weighted by Crippen LogP contribution is -2.33. The SMILES string of the molecule is CC(C)CN(CCC(=O)c1ccc2c(c1)Cc1cccc(C(=O)CCN(CC(C)C)CC(C)C)c1-2)CC(C)C. The first kappa shape index (κ1) is 31.2. The summed E-state index contributed by atoms with van der Waals surface area (Å²) in [6.45, 7) is 23.6. The molecule has 0 fully saturated rings. The smallest absolute Gasteiger partial charge is 0.164 e. The van der Waals surface area contributed by atoms with Crippen LogP contribution >= 0.6 is 0 Å². The Bertz CT molecular complexity index is 1100. The van der Waals surface area contributed by atoms with Crippen LogP contribution in [0.2, 0.25) is 0 Å². The third kappa shape index (κ3) is 9.11. The topological polar surface area (TPSA) is 40.6 Å². The second-order valence-corrected chi connectivity index (χ2v) is 13.3. The largest absolute Gasteiger partial charge is 0.302 e. The third-order valence-corrected chi connectivity index (χ3v) is 7.33. The van der Waals surface area contributed by atoms with Crippen molar-refractivity contribution in [3.63, 3.8) is 0 Å². The van der Waals surface area contributed by atoms with Crippen LogP contribution < -0.4 is 0 Å². The van der Waals surface area contributed by atoms with Crippen LogP contribution in [0.3, 0.4) is 0 Å². The van der Waals surface area contributed by atoms with Gasteiger partial charge < -0.3 is 9.80 Å². The van der Waals surface area contributed by atoms with E-state index in [2.05, 4.69) is 83.4 Å². The van der Waals surface area contributed by atoms with Crippen LogP contribution in [0.25, 0.3) is 11.1 Å². The summed E-state index contributed by atoms with van der Waals surface area (Å²) in [4.78, 5) is 31.5. The second-order valence-electron chi connectivity index (χ2n) is 13.3. The van der Waals surface area contributed by atoms with Gasteiger partial charge >= 0.3 is 0 Å². The molecule has 1 aliphatic rings. The zero-order valence-electron chi connectivity index (χ0n) is 25.8. The van der Waals surface area contributed by atoms with Crippen molar-refractivity contribution < 1.29 is 9.59 Å². The summed E-state index contributed by atoms with van der Waals surface area (Å²) in [6.07, 6.45) is 1.86. The van der Waals surface area contributed by atoms with Crippen molar-refractivity contribution in [2.75, 3.05) is 39.3 Å². The van der Waals surface area contributed by atoms with Gasteiger partial charge in [-0.3, -0.25) is 9.59 Å². The van der Waals surface area contributed by atoms with Crippen LogP contribution in [0.5, 0.6) is 0 Å². The molecule has 2 aromatic rings. The Hall–Kier alpha value is -2.30. The van der Waals surface area contributed by atoms with Crippen molar-refractivity contribution in [3.05, 3.63) is 58.7 Å². The highest BCUT2D eigenvalue weighted by Gasteiger charge is 2.25. The van der Waals surface area contributed by atoms with Gasteiger partial charge in [-0.2, -0.15) is 0 Å². The Morgan fingerprint density at radius 3 is 1.69 bits per heavy atom. The molecule has 0 spiro atoms. The van der Waals surface area contributed by atoms with Gasteiger partial charge in [-0.05, 0) is 58.4 Å². The lowest BCUT2D eigenvalue weighted by molar-refractivity contribution is 0.0949. The average Bonchev–Trinajstić information content (AvgIpc) is 3.22. The van der Waals surface area contributed by atoms with Crippen LogP contribution in [0, 0.1) is 23.7 Å². The van der Waals surface area contributed by atoms with Gasteiger partial charge in [0.25, 0.3) is 0 Å². The molecule has 0 saturated carbocycles. The van der Waals surface area contributed by atoms with E-state index >= 15 is 0 Å². The molecule has 0 heterocycles. The quantitative estimate of drug-likeness (QED) is 0.178. The number of Topliss-reactive ketones (excluding diaryl/α,β-unsaturated/α-hetero) is 2. The van der Waals surface area contributed by atoms with Crippen molar-refractivity contribution in [1.82, 2.24) is 9.80 Å². The first-order valence-corrected chi connectivity index (χ1v) is 15.2. The van der Waals surface area contributed by atoms with Gasteiger partial charge in [-0.25, -0.2) is 0 Å².